The molecule has 2 nitrogen and oxygen atoms in total. The Kier molecular flexibility index (Phi) is 6.02. The average molecular weight is 297 g/mol. The molecule has 0 spiro atoms. The second-order valence-corrected chi connectivity index (χ2v) is 5.01. The van der Waals surface area contributed by atoms with E-state index in [9.17, 15) is 0 Å². The van der Waals surface area contributed by atoms with Crippen LogP contribution < -0.4 is 10.1 Å². The molecule has 2 aromatic carbocycles. The summed E-state index contributed by atoms with van der Waals surface area (Å²) in [5, 5.41) is 3.59. The van der Waals surface area contributed by atoms with Gasteiger partial charge < -0.3 is 10.1 Å². The van der Waals surface area contributed by atoms with Gasteiger partial charge in [-0.25, -0.2) is 0 Å². The topological polar surface area (TPSA) is 21.3 Å². The molecule has 2 heteroatoms. The van der Waals surface area contributed by atoms with Gasteiger partial charge in [0.2, 0.25) is 0 Å². The molecule has 0 saturated carbocycles. The van der Waals surface area contributed by atoms with Crippen molar-refractivity contribution >= 4 is 0 Å². The van der Waals surface area contributed by atoms with Crippen LogP contribution in [-0.4, -0.2) is 12.6 Å². The summed E-state index contributed by atoms with van der Waals surface area (Å²) in [6.07, 6.45) is 0. The van der Waals surface area contributed by atoms with Gasteiger partial charge in [-0.3, -0.25) is 0 Å². The van der Waals surface area contributed by atoms with E-state index < -0.39 is 0 Å². The van der Waals surface area contributed by atoms with Crippen molar-refractivity contribution in [1.29, 1.82) is 0 Å². The third-order valence-electron chi connectivity index (χ3n) is 4.02. The molecule has 0 unspecified atom stereocenters. The number of fused-ring (bicyclic) bond motifs is 5. The minimum Gasteiger partial charge on any atom is -0.492 e. The Labute approximate surface area is 134 Å². The SMILES string of the molecule is CC.CC.c1ccc2c(c1)CN[C@H]1COc3ccccc3[C@H]21. The van der Waals surface area contributed by atoms with E-state index in [2.05, 4.69) is 47.8 Å². The van der Waals surface area contributed by atoms with Crippen LogP contribution >= 0.6 is 0 Å². The van der Waals surface area contributed by atoms with Crippen molar-refractivity contribution in [2.45, 2.75) is 46.2 Å². The van der Waals surface area contributed by atoms with Gasteiger partial charge in [0.25, 0.3) is 0 Å². The Morgan fingerprint density at radius 3 is 2.27 bits per heavy atom. The lowest BCUT2D eigenvalue weighted by molar-refractivity contribution is 0.216. The Bertz CT molecular complexity index is 542. The Morgan fingerprint density at radius 2 is 1.50 bits per heavy atom. The van der Waals surface area contributed by atoms with Gasteiger partial charge in [-0.2, -0.15) is 0 Å². The van der Waals surface area contributed by atoms with Crippen LogP contribution in [0.2, 0.25) is 0 Å². The molecule has 1 N–H and O–H groups in total. The summed E-state index contributed by atoms with van der Waals surface area (Å²) >= 11 is 0. The quantitative estimate of drug-likeness (QED) is 0.758. The maximum atomic E-state index is 5.85. The Hall–Kier alpha value is -1.80. The Balaban J connectivity index is 0.000000410. The summed E-state index contributed by atoms with van der Waals surface area (Å²) in [5.74, 6) is 1.47. The monoisotopic (exact) mass is 297 g/mol. The van der Waals surface area contributed by atoms with Crippen molar-refractivity contribution < 1.29 is 4.74 Å². The molecule has 2 aliphatic rings. The highest BCUT2D eigenvalue weighted by atomic mass is 16.5. The van der Waals surface area contributed by atoms with E-state index in [0.717, 1.165) is 18.9 Å². The van der Waals surface area contributed by atoms with Crippen LogP contribution in [0.15, 0.2) is 48.5 Å². The van der Waals surface area contributed by atoms with Crippen molar-refractivity contribution in [3.05, 3.63) is 65.2 Å². The van der Waals surface area contributed by atoms with Gasteiger partial charge in [0.1, 0.15) is 12.4 Å². The largest absolute Gasteiger partial charge is 0.492 e. The molecule has 0 amide bonds. The second kappa shape index (κ2) is 8.00. The minimum absolute atomic E-state index is 0.398. The van der Waals surface area contributed by atoms with Crippen LogP contribution in [-0.2, 0) is 6.54 Å². The molecule has 0 bridgehead atoms. The fourth-order valence-corrected chi connectivity index (χ4v) is 3.16. The lowest BCUT2D eigenvalue weighted by Gasteiger charge is -2.39. The summed E-state index contributed by atoms with van der Waals surface area (Å²) in [5.41, 5.74) is 4.18. The van der Waals surface area contributed by atoms with E-state index in [-0.39, 0.29) is 0 Å². The van der Waals surface area contributed by atoms with Gasteiger partial charge in [0.05, 0.1) is 6.04 Å². The van der Waals surface area contributed by atoms with Crippen molar-refractivity contribution in [3.63, 3.8) is 0 Å². The molecule has 2 aromatic rings. The number of nitrogens with one attached hydrogen (secondary N) is 1. The molecule has 2 atom stereocenters. The van der Waals surface area contributed by atoms with Gasteiger partial charge in [-0.1, -0.05) is 70.2 Å². The summed E-state index contributed by atoms with van der Waals surface area (Å²) in [4.78, 5) is 0. The van der Waals surface area contributed by atoms with Crippen molar-refractivity contribution in [1.82, 2.24) is 5.32 Å². The van der Waals surface area contributed by atoms with Crippen LogP contribution in [0.4, 0.5) is 0 Å². The predicted molar refractivity (Wildman–Crippen MR) is 93.5 cm³/mol. The van der Waals surface area contributed by atoms with Crippen LogP contribution in [0.3, 0.4) is 0 Å². The highest BCUT2D eigenvalue weighted by Gasteiger charge is 2.35. The lowest BCUT2D eigenvalue weighted by atomic mass is 9.79. The molecule has 2 aliphatic heterocycles. The van der Waals surface area contributed by atoms with Crippen molar-refractivity contribution in [2.75, 3.05) is 6.61 Å². The Morgan fingerprint density at radius 1 is 0.864 bits per heavy atom. The van der Waals surface area contributed by atoms with Gasteiger partial charge in [-0.15, -0.1) is 0 Å². The van der Waals surface area contributed by atoms with E-state index in [1.54, 1.807) is 0 Å². The molecular weight excluding hydrogens is 270 g/mol. The third-order valence-corrected chi connectivity index (χ3v) is 4.02. The van der Waals surface area contributed by atoms with Crippen molar-refractivity contribution in [2.24, 2.45) is 0 Å². The van der Waals surface area contributed by atoms with Gasteiger partial charge >= 0.3 is 0 Å². The summed E-state index contributed by atoms with van der Waals surface area (Å²) in [6.45, 7) is 9.71. The maximum absolute atomic E-state index is 5.85. The second-order valence-electron chi connectivity index (χ2n) is 5.01. The minimum atomic E-state index is 0.398. The zero-order valence-electron chi connectivity index (χ0n) is 14.1. The molecule has 2 heterocycles. The summed E-state index contributed by atoms with van der Waals surface area (Å²) in [6, 6.07) is 17.5. The van der Waals surface area contributed by atoms with Crippen LogP contribution in [0.25, 0.3) is 0 Å². The molecule has 0 aliphatic carbocycles. The van der Waals surface area contributed by atoms with E-state index in [0.29, 0.717) is 12.0 Å². The molecule has 22 heavy (non-hydrogen) atoms. The first-order chi connectivity index (χ1) is 10.9. The first kappa shape index (κ1) is 16.6. The summed E-state index contributed by atoms with van der Waals surface area (Å²) < 4.78 is 5.85. The first-order valence-electron chi connectivity index (χ1n) is 8.46. The average Bonchev–Trinajstić information content (AvgIpc) is 2.64. The maximum Gasteiger partial charge on any atom is 0.123 e. The lowest BCUT2D eigenvalue weighted by Crippen LogP contribution is -2.46. The van der Waals surface area contributed by atoms with Crippen molar-refractivity contribution in [3.8, 4) is 5.75 Å². The van der Waals surface area contributed by atoms with Crippen LogP contribution in [0, 0.1) is 0 Å². The molecule has 0 radical (unpaired) electrons. The molecular formula is C20H27NO. The predicted octanol–water partition coefficient (Wildman–Crippen LogP) is 4.74. The number of ether oxygens (including phenoxy) is 1. The van der Waals surface area contributed by atoms with E-state index in [1.165, 1.54) is 16.7 Å². The highest BCUT2D eigenvalue weighted by molar-refractivity contribution is 5.48. The summed E-state index contributed by atoms with van der Waals surface area (Å²) in [7, 11) is 0. The normalized spacial score (nSPS) is 20.5. The fraction of sp³-hybridized carbons (Fsp3) is 0.400. The number of para-hydroxylation sites is 1. The van der Waals surface area contributed by atoms with Gasteiger partial charge in [0, 0.05) is 18.0 Å². The number of rotatable bonds is 0. The molecule has 118 valence electrons. The smallest absolute Gasteiger partial charge is 0.123 e. The first-order valence-corrected chi connectivity index (χ1v) is 8.46. The molecule has 0 fully saturated rings. The standard InChI is InChI=1S/C16H15NO.2C2H6/c1-2-6-12-11(5-1)9-17-14-10-18-15-8-4-3-7-13(15)16(12)14;2*1-2/h1-8,14,16-17H,9-10H2;2*1-2H3/t14-,16-;;/m0../s1. The zero-order chi connectivity index (χ0) is 15.9. The zero-order valence-corrected chi connectivity index (χ0v) is 14.1. The van der Waals surface area contributed by atoms with Gasteiger partial charge in [0.15, 0.2) is 0 Å². The third kappa shape index (κ3) is 3.02. The van der Waals surface area contributed by atoms with E-state index in [4.69, 9.17) is 4.74 Å². The van der Waals surface area contributed by atoms with E-state index in [1.807, 2.05) is 33.8 Å². The number of hydrogen-bond donors (Lipinski definition) is 1. The number of benzene rings is 2. The van der Waals surface area contributed by atoms with E-state index >= 15 is 0 Å². The fourth-order valence-electron chi connectivity index (χ4n) is 3.16. The highest BCUT2D eigenvalue weighted by Crippen LogP contribution is 2.41. The van der Waals surface area contributed by atoms with Gasteiger partial charge in [-0.05, 0) is 17.2 Å². The molecule has 4 rings (SSSR count). The number of hydrogen-bond acceptors (Lipinski definition) is 2. The molecule has 0 aromatic heterocycles. The van der Waals surface area contributed by atoms with Crippen LogP contribution in [0.5, 0.6) is 5.75 Å². The van der Waals surface area contributed by atoms with Crippen LogP contribution in [0.1, 0.15) is 50.3 Å². The molecule has 0 saturated heterocycles.